The Labute approximate surface area is 215 Å². The maximum absolute atomic E-state index is 12.9. The molecule has 168 valence electrons. The summed E-state index contributed by atoms with van der Waals surface area (Å²) in [6.07, 6.45) is 5.67. The summed E-state index contributed by atoms with van der Waals surface area (Å²) >= 11 is 22.6. The molecule has 4 N–H and O–H groups in total. The fraction of sp³-hybridized carbons (Fsp3) is 0.100. The zero-order valence-corrected chi connectivity index (χ0v) is 21.7. The highest BCUT2D eigenvalue weighted by Crippen LogP contribution is 2.29. The SMILES string of the molecule is NS/N=C1/C=CC=C(S(=O)Nc2cc(Br)ccc2C(=O)NCc2c(Cl)cc(Cl)cc2Cl)C1. The maximum Gasteiger partial charge on any atom is 0.253 e. The first-order valence-corrected chi connectivity index (χ1v) is 12.9. The van der Waals surface area contributed by atoms with Crippen LogP contribution in [0.5, 0.6) is 0 Å². The van der Waals surface area contributed by atoms with Gasteiger partial charge in [-0.05, 0) is 42.5 Å². The molecule has 0 saturated carbocycles. The number of amides is 1. The molecule has 0 spiro atoms. The third-order valence-electron chi connectivity index (χ3n) is 4.29. The van der Waals surface area contributed by atoms with E-state index in [1.54, 1.807) is 48.6 Å². The van der Waals surface area contributed by atoms with Gasteiger partial charge in [0.05, 0.1) is 29.1 Å². The number of anilines is 1. The van der Waals surface area contributed by atoms with Crippen LogP contribution in [0.3, 0.4) is 0 Å². The molecule has 2 aromatic rings. The number of benzene rings is 2. The van der Waals surface area contributed by atoms with Crippen LogP contribution in [0.4, 0.5) is 5.69 Å². The average molecular weight is 595 g/mol. The number of carbonyl (C=O) groups excluding carboxylic acids is 1. The highest BCUT2D eigenvalue weighted by atomic mass is 79.9. The minimum absolute atomic E-state index is 0.0960. The zero-order chi connectivity index (χ0) is 23.3. The fourth-order valence-corrected chi connectivity index (χ4v) is 5.34. The molecular formula is C20H16BrCl3N4O2S2. The number of carbonyl (C=O) groups is 1. The number of rotatable bonds is 7. The van der Waals surface area contributed by atoms with Crippen molar-refractivity contribution < 1.29 is 9.00 Å². The molecule has 0 saturated heterocycles. The number of allylic oxidation sites excluding steroid dienone is 4. The van der Waals surface area contributed by atoms with Gasteiger partial charge in [0.25, 0.3) is 5.91 Å². The molecule has 0 aliphatic heterocycles. The van der Waals surface area contributed by atoms with Crippen molar-refractivity contribution in [3.63, 3.8) is 0 Å². The van der Waals surface area contributed by atoms with Crippen LogP contribution >= 0.6 is 62.9 Å². The van der Waals surface area contributed by atoms with Gasteiger partial charge in [0, 0.05) is 43.0 Å². The first-order valence-electron chi connectivity index (χ1n) is 8.98. The van der Waals surface area contributed by atoms with Crippen LogP contribution in [0.15, 0.2) is 62.3 Å². The Morgan fingerprint density at radius 1 is 1.22 bits per heavy atom. The topological polar surface area (TPSA) is 96.6 Å². The Bertz CT molecular complexity index is 1150. The van der Waals surface area contributed by atoms with Crippen molar-refractivity contribution in [1.82, 2.24) is 5.32 Å². The summed E-state index contributed by atoms with van der Waals surface area (Å²) in [6, 6.07) is 8.13. The standard InChI is InChI=1S/C20H16BrCl3N4O2S2/c21-11-4-5-15(20(29)26-10-16-17(23)7-12(22)8-18(16)24)19(6-11)28-32(30)14-3-1-2-13(9-14)27-31-25/h1-8,28H,9-10,25H2,(H,26,29)/b27-13-. The van der Waals surface area contributed by atoms with Gasteiger partial charge >= 0.3 is 0 Å². The van der Waals surface area contributed by atoms with Crippen molar-refractivity contribution in [1.29, 1.82) is 0 Å². The van der Waals surface area contributed by atoms with Crippen molar-refractivity contribution in [2.24, 2.45) is 9.54 Å². The molecule has 6 nitrogen and oxygen atoms in total. The van der Waals surface area contributed by atoms with E-state index >= 15 is 0 Å². The van der Waals surface area contributed by atoms with Crippen molar-refractivity contribution in [2.45, 2.75) is 13.0 Å². The molecule has 32 heavy (non-hydrogen) atoms. The fourth-order valence-electron chi connectivity index (χ4n) is 2.79. The number of nitrogens with two attached hydrogens (primary N) is 1. The maximum atomic E-state index is 12.9. The van der Waals surface area contributed by atoms with Gasteiger partial charge in [-0.1, -0.05) is 56.8 Å². The number of nitrogens with zero attached hydrogens (tertiary/aromatic N) is 1. The lowest BCUT2D eigenvalue weighted by Crippen LogP contribution is -2.24. The van der Waals surface area contributed by atoms with Crippen molar-refractivity contribution in [2.75, 3.05) is 4.72 Å². The second kappa shape index (κ2) is 11.7. The lowest BCUT2D eigenvalue weighted by atomic mass is 10.1. The predicted octanol–water partition coefficient (Wildman–Crippen LogP) is 6.22. The Kier molecular flexibility index (Phi) is 9.24. The molecular weight excluding hydrogens is 579 g/mol. The van der Waals surface area contributed by atoms with E-state index in [1.807, 2.05) is 0 Å². The molecule has 2 aromatic carbocycles. The lowest BCUT2D eigenvalue weighted by molar-refractivity contribution is 0.0952. The first kappa shape index (κ1) is 25.3. The van der Waals surface area contributed by atoms with E-state index in [1.165, 1.54) is 0 Å². The molecule has 0 fully saturated rings. The molecule has 1 unspecified atom stereocenters. The van der Waals surface area contributed by atoms with Gasteiger partial charge in [0.2, 0.25) is 0 Å². The van der Waals surface area contributed by atoms with Gasteiger partial charge in [-0.25, -0.2) is 8.61 Å². The monoisotopic (exact) mass is 592 g/mol. The van der Waals surface area contributed by atoms with Gasteiger partial charge in [-0.2, -0.15) is 0 Å². The van der Waals surface area contributed by atoms with Gasteiger partial charge < -0.3 is 10.0 Å². The van der Waals surface area contributed by atoms with Gasteiger partial charge in [0.1, 0.15) is 11.0 Å². The van der Waals surface area contributed by atoms with E-state index in [0.29, 0.717) is 48.9 Å². The van der Waals surface area contributed by atoms with Crippen LogP contribution in [-0.2, 0) is 17.5 Å². The van der Waals surface area contributed by atoms with Crippen LogP contribution < -0.4 is 15.2 Å². The highest BCUT2D eigenvalue weighted by molar-refractivity contribution is 9.10. The number of halogens is 4. The Morgan fingerprint density at radius 3 is 2.62 bits per heavy atom. The van der Waals surface area contributed by atoms with E-state index in [0.717, 1.165) is 16.6 Å². The van der Waals surface area contributed by atoms with Crippen LogP contribution in [0, 0.1) is 0 Å². The molecule has 0 bridgehead atoms. The summed E-state index contributed by atoms with van der Waals surface area (Å²) in [5, 5.41) is 9.27. The first-order chi connectivity index (χ1) is 15.3. The van der Waals surface area contributed by atoms with E-state index in [4.69, 9.17) is 39.9 Å². The van der Waals surface area contributed by atoms with E-state index in [2.05, 4.69) is 30.4 Å². The van der Waals surface area contributed by atoms with E-state index in [9.17, 15) is 9.00 Å². The summed E-state index contributed by atoms with van der Waals surface area (Å²) in [6.45, 7) is 0.0960. The predicted molar refractivity (Wildman–Crippen MR) is 140 cm³/mol. The zero-order valence-electron chi connectivity index (χ0n) is 16.2. The van der Waals surface area contributed by atoms with Crippen molar-refractivity contribution >= 4 is 91.2 Å². The smallest absolute Gasteiger partial charge is 0.253 e. The Morgan fingerprint density at radius 2 is 1.94 bits per heavy atom. The molecule has 1 amide bonds. The Balaban J connectivity index is 1.77. The average Bonchev–Trinajstić information content (AvgIpc) is 2.73. The second-order valence-corrected chi connectivity index (χ2v) is 10.3. The van der Waals surface area contributed by atoms with Crippen LogP contribution in [0.25, 0.3) is 0 Å². The largest absolute Gasteiger partial charge is 0.348 e. The summed E-state index contributed by atoms with van der Waals surface area (Å²) in [5.41, 5.74) is 1.95. The summed E-state index contributed by atoms with van der Waals surface area (Å²) in [7, 11) is -1.60. The van der Waals surface area contributed by atoms with Crippen LogP contribution in [0.2, 0.25) is 15.1 Å². The number of nitrogens with one attached hydrogen (secondary N) is 2. The molecule has 1 atom stereocenters. The normalized spacial score (nSPS) is 15.4. The summed E-state index contributed by atoms with van der Waals surface area (Å²) in [5.74, 6) is -0.390. The minimum atomic E-state index is -1.60. The van der Waals surface area contributed by atoms with Crippen LogP contribution in [-0.4, -0.2) is 15.8 Å². The molecule has 0 aromatic heterocycles. The third kappa shape index (κ3) is 6.60. The quantitative estimate of drug-likeness (QED) is 0.332. The second-order valence-electron chi connectivity index (χ2n) is 6.45. The van der Waals surface area contributed by atoms with Crippen molar-refractivity contribution in [3.8, 4) is 0 Å². The number of hydrogen-bond donors (Lipinski definition) is 3. The molecule has 12 heteroatoms. The summed E-state index contributed by atoms with van der Waals surface area (Å²) < 4.78 is 20.6. The van der Waals surface area contributed by atoms with Gasteiger partial charge in [-0.15, -0.1) is 0 Å². The molecule has 0 radical (unpaired) electrons. The van der Waals surface area contributed by atoms with E-state index in [-0.39, 0.29) is 6.54 Å². The van der Waals surface area contributed by atoms with Crippen molar-refractivity contribution in [3.05, 3.63) is 84.1 Å². The molecule has 1 aliphatic carbocycles. The highest BCUT2D eigenvalue weighted by Gasteiger charge is 2.18. The minimum Gasteiger partial charge on any atom is -0.348 e. The molecule has 0 heterocycles. The lowest BCUT2D eigenvalue weighted by Gasteiger charge is -2.15. The molecule has 1 aliphatic rings. The van der Waals surface area contributed by atoms with E-state index < -0.39 is 16.9 Å². The third-order valence-corrected chi connectivity index (χ3v) is 7.18. The molecule has 3 rings (SSSR count). The summed E-state index contributed by atoms with van der Waals surface area (Å²) in [4.78, 5) is 13.5. The Hall–Kier alpha value is -1.33. The van der Waals surface area contributed by atoms with Gasteiger partial charge in [-0.3, -0.25) is 9.93 Å². The van der Waals surface area contributed by atoms with Gasteiger partial charge in [0.15, 0.2) is 0 Å². The number of hydrogen-bond acceptors (Lipinski definition) is 5. The van der Waals surface area contributed by atoms with Crippen LogP contribution in [0.1, 0.15) is 22.3 Å².